The number of urea groups is 1. The molecular formula is C26H23F3N4O4. The van der Waals surface area contributed by atoms with Crippen LogP contribution in [0, 0.1) is 0 Å². The fourth-order valence-corrected chi connectivity index (χ4v) is 3.95. The van der Waals surface area contributed by atoms with Crippen molar-refractivity contribution in [1.29, 1.82) is 0 Å². The lowest BCUT2D eigenvalue weighted by Crippen LogP contribution is -2.43. The number of hydrogen-bond acceptors (Lipinski definition) is 5. The third-order valence-electron chi connectivity index (χ3n) is 5.87. The van der Waals surface area contributed by atoms with Gasteiger partial charge in [0, 0.05) is 6.20 Å². The van der Waals surface area contributed by atoms with Crippen molar-refractivity contribution < 1.29 is 32.3 Å². The number of anilines is 2. The van der Waals surface area contributed by atoms with Gasteiger partial charge in [0.15, 0.2) is 0 Å². The zero-order chi connectivity index (χ0) is 26.8. The molecule has 0 aliphatic carbocycles. The molecule has 0 radical (unpaired) electrons. The van der Waals surface area contributed by atoms with Crippen LogP contribution in [0.15, 0.2) is 73.1 Å². The predicted octanol–water partition coefficient (Wildman–Crippen LogP) is 4.91. The van der Waals surface area contributed by atoms with Gasteiger partial charge < -0.3 is 15.0 Å². The molecule has 1 N–H and O–H groups in total. The summed E-state index contributed by atoms with van der Waals surface area (Å²) in [5, 5.41) is 2.81. The molecule has 0 atom stereocenters. The number of nitrogens with one attached hydrogen (secondary N) is 1. The van der Waals surface area contributed by atoms with Crippen molar-refractivity contribution in [3.05, 3.63) is 84.2 Å². The number of carbonyl (C=O) groups excluding carboxylic acids is 3. The van der Waals surface area contributed by atoms with E-state index in [1.165, 1.54) is 29.4 Å². The highest BCUT2D eigenvalue weighted by molar-refractivity contribution is 6.23. The molecule has 1 saturated heterocycles. The molecule has 2 aromatic carbocycles. The molecule has 37 heavy (non-hydrogen) atoms. The van der Waals surface area contributed by atoms with Crippen molar-refractivity contribution in [3.8, 4) is 5.75 Å². The first-order chi connectivity index (χ1) is 17.5. The van der Waals surface area contributed by atoms with E-state index >= 15 is 0 Å². The number of imide groups is 1. The minimum Gasteiger partial charge on any atom is -0.406 e. The van der Waals surface area contributed by atoms with Gasteiger partial charge in [0.25, 0.3) is 5.91 Å². The van der Waals surface area contributed by atoms with Crippen molar-refractivity contribution in [1.82, 2.24) is 9.88 Å². The number of amides is 4. The summed E-state index contributed by atoms with van der Waals surface area (Å²) < 4.78 is 41.3. The molecule has 0 bridgehead atoms. The molecule has 0 saturated carbocycles. The second kappa shape index (κ2) is 9.92. The summed E-state index contributed by atoms with van der Waals surface area (Å²) in [6.07, 6.45) is -1.75. The molecule has 1 fully saturated rings. The highest BCUT2D eigenvalue weighted by Gasteiger charge is 2.52. The normalized spacial score (nSPS) is 15.2. The van der Waals surface area contributed by atoms with Gasteiger partial charge in [-0.15, -0.1) is 13.2 Å². The Labute approximate surface area is 210 Å². The van der Waals surface area contributed by atoms with Gasteiger partial charge in [-0.25, -0.2) is 9.69 Å². The largest absolute Gasteiger partial charge is 0.573 e. The number of nitrogens with zero attached hydrogens (tertiary/aromatic N) is 3. The third kappa shape index (κ3) is 5.71. The standard InChI is InChI=1S/C26H23F3N4O4/c1-25(2)23(35)33(19-8-10-20(11-9-19)37-26(27,28)29)24(36)32(25)16-18-12-13-30-15-21(18)31-22(34)14-17-6-4-3-5-7-17/h3-13,15H,14,16H2,1-2H3,(H,31,34). The number of halogens is 3. The molecular weight excluding hydrogens is 489 g/mol. The fraction of sp³-hybridized carbons (Fsp3) is 0.231. The molecule has 4 amide bonds. The molecule has 1 aliphatic rings. The number of rotatable bonds is 7. The van der Waals surface area contributed by atoms with Crippen LogP contribution in [0.3, 0.4) is 0 Å². The first-order valence-electron chi connectivity index (χ1n) is 11.2. The van der Waals surface area contributed by atoms with Crippen molar-refractivity contribution in [2.24, 2.45) is 0 Å². The summed E-state index contributed by atoms with van der Waals surface area (Å²) >= 11 is 0. The van der Waals surface area contributed by atoms with E-state index in [1.807, 2.05) is 30.3 Å². The first-order valence-corrected chi connectivity index (χ1v) is 11.2. The van der Waals surface area contributed by atoms with E-state index in [1.54, 1.807) is 19.9 Å². The Morgan fingerprint density at radius 3 is 2.35 bits per heavy atom. The molecule has 4 rings (SSSR count). The predicted molar refractivity (Wildman–Crippen MR) is 129 cm³/mol. The number of alkyl halides is 3. The van der Waals surface area contributed by atoms with Gasteiger partial charge in [-0.2, -0.15) is 0 Å². The highest BCUT2D eigenvalue weighted by Crippen LogP contribution is 2.35. The maximum atomic E-state index is 13.3. The minimum atomic E-state index is -4.86. The van der Waals surface area contributed by atoms with Gasteiger partial charge in [0.1, 0.15) is 11.3 Å². The molecule has 0 spiro atoms. The minimum absolute atomic E-state index is 0.0210. The summed E-state index contributed by atoms with van der Waals surface area (Å²) in [5.41, 5.74) is 0.612. The summed E-state index contributed by atoms with van der Waals surface area (Å²) in [7, 11) is 0. The number of carbonyl (C=O) groups is 3. The number of benzene rings is 2. The Morgan fingerprint density at radius 1 is 1.03 bits per heavy atom. The summed E-state index contributed by atoms with van der Waals surface area (Å²) in [5.74, 6) is -1.30. The average Bonchev–Trinajstić information content (AvgIpc) is 3.00. The molecule has 0 unspecified atom stereocenters. The van der Waals surface area contributed by atoms with E-state index in [0.717, 1.165) is 22.6 Å². The second-order valence-electron chi connectivity index (χ2n) is 8.85. The lowest BCUT2D eigenvalue weighted by atomic mass is 10.0. The number of aromatic nitrogens is 1. The lowest BCUT2D eigenvalue weighted by Gasteiger charge is -2.28. The van der Waals surface area contributed by atoms with Crippen LogP contribution in [-0.4, -0.2) is 39.6 Å². The van der Waals surface area contributed by atoms with E-state index in [4.69, 9.17) is 0 Å². The quantitative estimate of drug-likeness (QED) is 0.455. The smallest absolute Gasteiger partial charge is 0.406 e. The van der Waals surface area contributed by atoms with Crippen LogP contribution in [0.4, 0.5) is 29.3 Å². The number of pyridine rings is 1. The van der Waals surface area contributed by atoms with Crippen LogP contribution in [0.1, 0.15) is 25.0 Å². The van der Waals surface area contributed by atoms with Gasteiger partial charge >= 0.3 is 12.4 Å². The Kier molecular flexibility index (Phi) is 6.88. The van der Waals surface area contributed by atoms with E-state index in [2.05, 4.69) is 15.0 Å². The van der Waals surface area contributed by atoms with E-state index < -0.39 is 29.6 Å². The molecule has 192 valence electrons. The van der Waals surface area contributed by atoms with Gasteiger partial charge in [-0.1, -0.05) is 30.3 Å². The SMILES string of the molecule is CC1(C)C(=O)N(c2ccc(OC(F)(F)F)cc2)C(=O)N1Cc1ccncc1NC(=O)Cc1ccccc1. The van der Waals surface area contributed by atoms with Crippen molar-refractivity contribution >= 4 is 29.2 Å². The average molecular weight is 512 g/mol. The molecule has 1 aliphatic heterocycles. The summed E-state index contributed by atoms with van der Waals surface area (Å²) in [4.78, 5) is 45.4. The maximum Gasteiger partial charge on any atom is 0.573 e. The lowest BCUT2D eigenvalue weighted by molar-refractivity contribution is -0.274. The second-order valence-corrected chi connectivity index (χ2v) is 8.85. The van der Waals surface area contributed by atoms with E-state index in [0.29, 0.717) is 11.3 Å². The summed E-state index contributed by atoms with van der Waals surface area (Å²) in [6, 6.07) is 14.6. The van der Waals surface area contributed by atoms with Crippen molar-refractivity contribution in [2.45, 2.75) is 38.7 Å². The van der Waals surface area contributed by atoms with Gasteiger partial charge in [-0.05, 0) is 55.3 Å². The Balaban J connectivity index is 1.53. The van der Waals surface area contributed by atoms with Crippen LogP contribution in [0.25, 0.3) is 0 Å². The Hall–Kier alpha value is -4.41. The third-order valence-corrected chi connectivity index (χ3v) is 5.87. The van der Waals surface area contributed by atoms with Crippen LogP contribution < -0.4 is 15.0 Å². The van der Waals surface area contributed by atoms with Crippen LogP contribution >= 0.6 is 0 Å². The van der Waals surface area contributed by atoms with E-state index in [-0.39, 0.29) is 24.6 Å². The van der Waals surface area contributed by atoms with Gasteiger partial charge in [0.05, 0.1) is 30.5 Å². The van der Waals surface area contributed by atoms with E-state index in [9.17, 15) is 27.6 Å². The van der Waals surface area contributed by atoms with Crippen LogP contribution in [-0.2, 0) is 22.6 Å². The van der Waals surface area contributed by atoms with Crippen molar-refractivity contribution in [2.75, 3.05) is 10.2 Å². The Bertz CT molecular complexity index is 1310. The monoisotopic (exact) mass is 512 g/mol. The molecule has 3 aromatic rings. The maximum absolute atomic E-state index is 13.3. The number of hydrogen-bond donors (Lipinski definition) is 1. The fourth-order valence-electron chi connectivity index (χ4n) is 3.95. The zero-order valence-electron chi connectivity index (χ0n) is 20.0. The molecule has 8 nitrogen and oxygen atoms in total. The van der Waals surface area contributed by atoms with Crippen LogP contribution in [0.5, 0.6) is 5.75 Å². The molecule has 2 heterocycles. The number of ether oxygens (including phenoxy) is 1. The zero-order valence-corrected chi connectivity index (χ0v) is 20.0. The molecule has 11 heteroatoms. The highest BCUT2D eigenvalue weighted by atomic mass is 19.4. The summed E-state index contributed by atoms with van der Waals surface area (Å²) in [6.45, 7) is 3.12. The Morgan fingerprint density at radius 2 is 1.70 bits per heavy atom. The van der Waals surface area contributed by atoms with Gasteiger partial charge in [-0.3, -0.25) is 14.6 Å². The first kappa shape index (κ1) is 25.7. The van der Waals surface area contributed by atoms with Crippen molar-refractivity contribution in [3.63, 3.8) is 0 Å². The van der Waals surface area contributed by atoms with Crippen LogP contribution in [0.2, 0.25) is 0 Å². The topological polar surface area (TPSA) is 91.8 Å². The molecule has 1 aromatic heterocycles. The van der Waals surface area contributed by atoms with Gasteiger partial charge in [0.2, 0.25) is 5.91 Å².